The number of phenols is 1. The first kappa shape index (κ1) is 10.4. The largest absolute Gasteiger partial charge is 0.508 e. The monoisotopic (exact) mass is 289 g/mol. The fourth-order valence-electron chi connectivity index (χ4n) is 1.66. The Morgan fingerprint density at radius 1 is 1.12 bits per heavy atom. The van der Waals surface area contributed by atoms with E-state index in [1.165, 1.54) is 0 Å². The molecule has 0 radical (unpaired) electrons. The van der Waals surface area contributed by atoms with Gasteiger partial charge in [0.15, 0.2) is 5.58 Å². The number of aromatic nitrogens is 1. The molecule has 0 bridgehead atoms. The van der Waals surface area contributed by atoms with Gasteiger partial charge < -0.3 is 9.52 Å². The predicted molar refractivity (Wildman–Crippen MR) is 68.8 cm³/mol. The van der Waals surface area contributed by atoms with Crippen LogP contribution in [0.1, 0.15) is 0 Å². The predicted octanol–water partition coefficient (Wildman–Crippen LogP) is 3.96. The summed E-state index contributed by atoms with van der Waals surface area (Å²) >= 11 is 3.41. The quantitative estimate of drug-likeness (QED) is 0.737. The van der Waals surface area contributed by atoms with Crippen molar-refractivity contribution in [1.29, 1.82) is 0 Å². The molecule has 0 amide bonds. The van der Waals surface area contributed by atoms with Gasteiger partial charge in [-0.15, -0.1) is 0 Å². The number of nitrogens with zero attached hydrogens (tertiary/aromatic N) is 1. The Balaban J connectivity index is 2.18. The van der Waals surface area contributed by atoms with Gasteiger partial charge in [0.05, 0.1) is 0 Å². The summed E-state index contributed by atoms with van der Waals surface area (Å²) in [5.41, 5.74) is 2.22. The molecule has 0 saturated heterocycles. The van der Waals surface area contributed by atoms with E-state index in [1.54, 1.807) is 18.2 Å². The van der Waals surface area contributed by atoms with Crippen LogP contribution in [0.2, 0.25) is 0 Å². The van der Waals surface area contributed by atoms with Crippen molar-refractivity contribution in [2.45, 2.75) is 0 Å². The average molecular weight is 290 g/mol. The van der Waals surface area contributed by atoms with Crippen LogP contribution in [0, 0.1) is 0 Å². The summed E-state index contributed by atoms with van der Waals surface area (Å²) < 4.78 is 6.59. The van der Waals surface area contributed by atoms with E-state index in [1.807, 2.05) is 24.3 Å². The van der Waals surface area contributed by atoms with Crippen LogP contribution in [0.4, 0.5) is 0 Å². The summed E-state index contributed by atoms with van der Waals surface area (Å²) in [7, 11) is 0. The molecular formula is C13H8BrNO2. The second kappa shape index (κ2) is 3.89. The number of rotatable bonds is 1. The first-order valence-electron chi connectivity index (χ1n) is 5.08. The van der Waals surface area contributed by atoms with Gasteiger partial charge in [0, 0.05) is 16.1 Å². The summed E-state index contributed by atoms with van der Waals surface area (Å²) in [6.45, 7) is 0. The lowest BCUT2D eigenvalue weighted by molar-refractivity contribution is 0.476. The number of halogens is 1. The summed E-state index contributed by atoms with van der Waals surface area (Å²) in [5, 5.41) is 9.37. The molecule has 1 heterocycles. The Morgan fingerprint density at radius 2 is 2.00 bits per heavy atom. The first-order valence-corrected chi connectivity index (χ1v) is 5.87. The number of hydrogen-bond donors (Lipinski definition) is 1. The maximum atomic E-state index is 9.37. The van der Waals surface area contributed by atoms with Gasteiger partial charge in [0.2, 0.25) is 5.89 Å². The minimum Gasteiger partial charge on any atom is -0.508 e. The third kappa shape index (κ3) is 1.91. The third-order valence-electron chi connectivity index (χ3n) is 2.44. The van der Waals surface area contributed by atoms with Crippen molar-refractivity contribution in [3.63, 3.8) is 0 Å². The van der Waals surface area contributed by atoms with Crippen LogP contribution in [0.25, 0.3) is 22.6 Å². The first-order chi connectivity index (χ1) is 8.22. The van der Waals surface area contributed by atoms with Crippen LogP contribution in [0.15, 0.2) is 51.4 Å². The third-order valence-corrected chi connectivity index (χ3v) is 2.94. The molecule has 0 fully saturated rings. The van der Waals surface area contributed by atoms with E-state index in [2.05, 4.69) is 20.9 Å². The highest BCUT2D eigenvalue weighted by atomic mass is 79.9. The summed E-state index contributed by atoms with van der Waals surface area (Å²) in [6, 6.07) is 12.6. The Hall–Kier alpha value is -1.81. The molecule has 3 aromatic rings. The molecule has 1 aromatic heterocycles. The van der Waals surface area contributed by atoms with Crippen LogP contribution in [0.3, 0.4) is 0 Å². The van der Waals surface area contributed by atoms with E-state index in [0.717, 1.165) is 10.0 Å². The molecule has 3 rings (SSSR count). The molecule has 4 heteroatoms. The number of aromatic hydroxyl groups is 1. The molecule has 0 spiro atoms. The molecular weight excluding hydrogens is 282 g/mol. The fraction of sp³-hybridized carbons (Fsp3) is 0. The SMILES string of the molecule is Oc1ccc2oc(-c3cccc(Br)c3)nc2c1. The van der Waals surface area contributed by atoms with Crippen molar-refractivity contribution >= 4 is 27.0 Å². The summed E-state index contributed by atoms with van der Waals surface area (Å²) in [6.07, 6.45) is 0. The van der Waals surface area contributed by atoms with Gasteiger partial charge in [-0.2, -0.15) is 0 Å². The molecule has 2 aromatic carbocycles. The molecule has 0 aliphatic rings. The second-order valence-corrected chi connectivity index (χ2v) is 4.60. The second-order valence-electron chi connectivity index (χ2n) is 3.68. The standard InChI is InChI=1S/C13H8BrNO2/c14-9-3-1-2-8(6-9)13-15-11-7-10(16)4-5-12(11)17-13/h1-7,16H. The zero-order valence-electron chi connectivity index (χ0n) is 8.72. The number of benzene rings is 2. The van der Waals surface area contributed by atoms with Crippen molar-refractivity contribution in [2.24, 2.45) is 0 Å². The number of hydrogen-bond acceptors (Lipinski definition) is 3. The summed E-state index contributed by atoms with van der Waals surface area (Å²) in [5.74, 6) is 0.735. The molecule has 0 unspecified atom stereocenters. The van der Waals surface area contributed by atoms with Crippen LogP contribution in [0.5, 0.6) is 5.75 Å². The lowest BCUT2D eigenvalue weighted by Gasteiger charge is -1.94. The van der Waals surface area contributed by atoms with Gasteiger partial charge in [-0.05, 0) is 30.3 Å². The van der Waals surface area contributed by atoms with E-state index < -0.39 is 0 Å². The van der Waals surface area contributed by atoms with E-state index >= 15 is 0 Å². The molecule has 84 valence electrons. The topological polar surface area (TPSA) is 46.3 Å². The van der Waals surface area contributed by atoms with Crippen LogP contribution < -0.4 is 0 Å². The molecule has 3 nitrogen and oxygen atoms in total. The average Bonchev–Trinajstić information content (AvgIpc) is 2.72. The Morgan fingerprint density at radius 3 is 2.82 bits per heavy atom. The molecule has 0 atom stereocenters. The van der Waals surface area contributed by atoms with Gasteiger partial charge in [-0.3, -0.25) is 0 Å². The van der Waals surface area contributed by atoms with Gasteiger partial charge in [-0.25, -0.2) is 4.98 Å². The van der Waals surface area contributed by atoms with Crippen LogP contribution >= 0.6 is 15.9 Å². The Labute approximate surface area is 106 Å². The number of phenolic OH excluding ortho intramolecular Hbond substituents is 1. The summed E-state index contributed by atoms with van der Waals surface area (Å²) in [4.78, 5) is 4.34. The number of fused-ring (bicyclic) bond motifs is 1. The van der Waals surface area contributed by atoms with Gasteiger partial charge in [-0.1, -0.05) is 22.0 Å². The molecule has 0 aliphatic carbocycles. The highest BCUT2D eigenvalue weighted by molar-refractivity contribution is 9.10. The van der Waals surface area contributed by atoms with Crippen molar-refractivity contribution in [3.05, 3.63) is 46.9 Å². The normalized spacial score (nSPS) is 10.9. The lowest BCUT2D eigenvalue weighted by Crippen LogP contribution is -1.76. The van der Waals surface area contributed by atoms with E-state index in [0.29, 0.717) is 17.0 Å². The maximum absolute atomic E-state index is 9.37. The van der Waals surface area contributed by atoms with Gasteiger partial charge in [0.1, 0.15) is 11.3 Å². The van der Waals surface area contributed by atoms with Crippen molar-refractivity contribution < 1.29 is 9.52 Å². The van der Waals surface area contributed by atoms with E-state index in [-0.39, 0.29) is 5.75 Å². The zero-order chi connectivity index (χ0) is 11.8. The Bertz CT molecular complexity index is 691. The van der Waals surface area contributed by atoms with Gasteiger partial charge >= 0.3 is 0 Å². The highest BCUT2D eigenvalue weighted by Gasteiger charge is 2.08. The smallest absolute Gasteiger partial charge is 0.227 e. The van der Waals surface area contributed by atoms with E-state index in [9.17, 15) is 5.11 Å². The van der Waals surface area contributed by atoms with Crippen molar-refractivity contribution in [1.82, 2.24) is 4.98 Å². The van der Waals surface area contributed by atoms with Gasteiger partial charge in [0.25, 0.3) is 0 Å². The molecule has 17 heavy (non-hydrogen) atoms. The van der Waals surface area contributed by atoms with Crippen molar-refractivity contribution in [2.75, 3.05) is 0 Å². The van der Waals surface area contributed by atoms with Crippen LogP contribution in [-0.2, 0) is 0 Å². The van der Waals surface area contributed by atoms with Crippen molar-refractivity contribution in [3.8, 4) is 17.2 Å². The molecule has 0 aliphatic heterocycles. The minimum absolute atomic E-state index is 0.187. The maximum Gasteiger partial charge on any atom is 0.227 e. The lowest BCUT2D eigenvalue weighted by atomic mass is 10.2. The Kier molecular flexibility index (Phi) is 2.37. The number of oxazole rings is 1. The molecule has 0 saturated carbocycles. The zero-order valence-corrected chi connectivity index (χ0v) is 10.3. The molecule has 1 N–H and O–H groups in total. The van der Waals surface area contributed by atoms with Crippen LogP contribution in [-0.4, -0.2) is 10.1 Å². The highest BCUT2D eigenvalue weighted by Crippen LogP contribution is 2.27. The fourth-order valence-corrected chi connectivity index (χ4v) is 2.06. The minimum atomic E-state index is 0.187. The van der Waals surface area contributed by atoms with E-state index in [4.69, 9.17) is 4.42 Å².